The summed E-state index contributed by atoms with van der Waals surface area (Å²) in [6.07, 6.45) is 0.211. The number of halogens is 2. The summed E-state index contributed by atoms with van der Waals surface area (Å²) in [7, 11) is 1.58. The van der Waals surface area contributed by atoms with E-state index < -0.39 is 0 Å². The second-order valence-electron chi connectivity index (χ2n) is 4.21. The minimum absolute atomic E-state index is 0.211. The Bertz CT molecular complexity index is 569. The molecule has 1 aromatic heterocycles. The molecule has 1 aromatic carbocycles. The summed E-state index contributed by atoms with van der Waals surface area (Å²) >= 11 is 6.01. The van der Waals surface area contributed by atoms with Crippen LogP contribution in [-0.4, -0.2) is 33.6 Å². The molecule has 0 saturated carbocycles. The molecular formula is C13H15ClFN3O2. The standard InChI is InChI=1S/C13H15ClFN3O2/c1-20-6-5-18-12(16-17-13(18)8-19)7-9-10(14)3-2-4-11(9)15/h2-4,19H,5-8H2,1H3. The summed E-state index contributed by atoms with van der Waals surface area (Å²) in [4.78, 5) is 0. The number of hydrogen-bond donors (Lipinski definition) is 1. The van der Waals surface area contributed by atoms with E-state index in [0.29, 0.717) is 35.4 Å². The largest absolute Gasteiger partial charge is 0.388 e. The summed E-state index contributed by atoms with van der Waals surface area (Å²) in [6.45, 7) is 0.700. The molecule has 7 heteroatoms. The van der Waals surface area contributed by atoms with Gasteiger partial charge < -0.3 is 14.4 Å². The van der Waals surface area contributed by atoms with Gasteiger partial charge in [0.25, 0.3) is 0 Å². The first-order chi connectivity index (χ1) is 9.67. The average Bonchev–Trinajstić information content (AvgIpc) is 2.82. The first-order valence-corrected chi connectivity index (χ1v) is 6.48. The molecule has 5 nitrogen and oxygen atoms in total. The highest BCUT2D eigenvalue weighted by atomic mass is 35.5. The number of aliphatic hydroxyl groups is 1. The zero-order valence-corrected chi connectivity index (χ0v) is 11.8. The van der Waals surface area contributed by atoms with Gasteiger partial charge in [0.1, 0.15) is 18.2 Å². The van der Waals surface area contributed by atoms with E-state index in [1.54, 1.807) is 23.8 Å². The van der Waals surface area contributed by atoms with Crippen LogP contribution in [0.4, 0.5) is 4.39 Å². The van der Waals surface area contributed by atoms with Gasteiger partial charge in [0.2, 0.25) is 0 Å². The lowest BCUT2D eigenvalue weighted by atomic mass is 10.1. The fourth-order valence-electron chi connectivity index (χ4n) is 1.92. The Balaban J connectivity index is 2.31. The van der Waals surface area contributed by atoms with E-state index in [4.69, 9.17) is 16.3 Å². The molecule has 1 N–H and O–H groups in total. The van der Waals surface area contributed by atoms with Crippen LogP contribution in [-0.2, 0) is 24.3 Å². The zero-order chi connectivity index (χ0) is 14.5. The summed E-state index contributed by atoms with van der Waals surface area (Å²) in [5, 5.41) is 17.5. The van der Waals surface area contributed by atoms with Gasteiger partial charge in [-0.25, -0.2) is 4.39 Å². The zero-order valence-electron chi connectivity index (χ0n) is 11.0. The molecule has 0 amide bonds. The van der Waals surface area contributed by atoms with Crippen molar-refractivity contribution >= 4 is 11.6 Å². The van der Waals surface area contributed by atoms with Crippen molar-refractivity contribution < 1.29 is 14.2 Å². The summed E-state index contributed by atoms with van der Waals surface area (Å²) in [6, 6.07) is 4.53. The Morgan fingerprint density at radius 3 is 2.75 bits per heavy atom. The summed E-state index contributed by atoms with van der Waals surface area (Å²) in [5.41, 5.74) is 0.365. The van der Waals surface area contributed by atoms with Crippen LogP contribution in [0, 0.1) is 5.82 Å². The Hall–Kier alpha value is -1.50. The van der Waals surface area contributed by atoms with Crippen LogP contribution < -0.4 is 0 Å². The molecule has 0 saturated heterocycles. The fraction of sp³-hybridized carbons (Fsp3) is 0.385. The average molecular weight is 300 g/mol. The lowest BCUT2D eigenvalue weighted by Gasteiger charge is -2.10. The highest BCUT2D eigenvalue weighted by molar-refractivity contribution is 6.31. The molecule has 2 rings (SSSR count). The van der Waals surface area contributed by atoms with Crippen LogP contribution >= 0.6 is 11.6 Å². The van der Waals surface area contributed by atoms with Crippen molar-refractivity contribution in [3.63, 3.8) is 0 Å². The quantitative estimate of drug-likeness (QED) is 0.883. The van der Waals surface area contributed by atoms with Crippen molar-refractivity contribution in [1.29, 1.82) is 0 Å². The topological polar surface area (TPSA) is 60.2 Å². The van der Waals surface area contributed by atoms with E-state index in [1.165, 1.54) is 6.07 Å². The predicted molar refractivity (Wildman–Crippen MR) is 72.0 cm³/mol. The van der Waals surface area contributed by atoms with Crippen molar-refractivity contribution in [2.45, 2.75) is 19.6 Å². The fourth-order valence-corrected chi connectivity index (χ4v) is 2.15. The van der Waals surface area contributed by atoms with Crippen molar-refractivity contribution in [1.82, 2.24) is 14.8 Å². The first kappa shape index (κ1) is 14.9. The van der Waals surface area contributed by atoms with Crippen molar-refractivity contribution in [2.75, 3.05) is 13.7 Å². The van der Waals surface area contributed by atoms with Crippen LogP contribution in [0.3, 0.4) is 0 Å². The van der Waals surface area contributed by atoms with Crippen LogP contribution in [0.5, 0.6) is 0 Å². The van der Waals surface area contributed by atoms with Gasteiger partial charge in [-0.2, -0.15) is 0 Å². The molecule has 1 heterocycles. The molecule has 0 aliphatic rings. The monoisotopic (exact) mass is 299 g/mol. The van der Waals surface area contributed by atoms with E-state index in [2.05, 4.69) is 10.2 Å². The normalized spacial score (nSPS) is 11.0. The Morgan fingerprint density at radius 2 is 2.10 bits per heavy atom. The van der Waals surface area contributed by atoms with Crippen LogP contribution in [0.2, 0.25) is 5.02 Å². The molecule has 2 aromatic rings. The van der Waals surface area contributed by atoms with Crippen LogP contribution in [0.25, 0.3) is 0 Å². The number of hydrogen-bond acceptors (Lipinski definition) is 4. The minimum Gasteiger partial charge on any atom is -0.388 e. The van der Waals surface area contributed by atoms with Gasteiger partial charge in [-0.1, -0.05) is 17.7 Å². The van der Waals surface area contributed by atoms with Crippen molar-refractivity contribution in [3.05, 3.63) is 46.3 Å². The SMILES string of the molecule is COCCn1c(CO)nnc1Cc1c(F)cccc1Cl. The maximum atomic E-state index is 13.8. The molecule has 0 radical (unpaired) electrons. The van der Waals surface area contributed by atoms with Gasteiger partial charge in [-0.05, 0) is 12.1 Å². The van der Waals surface area contributed by atoms with Gasteiger partial charge in [0.15, 0.2) is 5.82 Å². The van der Waals surface area contributed by atoms with Crippen molar-refractivity contribution in [3.8, 4) is 0 Å². The van der Waals surface area contributed by atoms with Crippen LogP contribution in [0.15, 0.2) is 18.2 Å². The van der Waals surface area contributed by atoms with E-state index in [9.17, 15) is 9.50 Å². The number of benzene rings is 1. The lowest BCUT2D eigenvalue weighted by molar-refractivity contribution is 0.181. The molecule has 0 fully saturated rings. The number of rotatable bonds is 6. The molecule has 0 aliphatic carbocycles. The third-order valence-corrected chi connectivity index (χ3v) is 3.32. The first-order valence-electron chi connectivity index (χ1n) is 6.11. The second kappa shape index (κ2) is 6.78. The molecule has 0 spiro atoms. The van der Waals surface area contributed by atoms with Gasteiger partial charge in [0, 0.05) is 30.7 Å². The van der Waals surface area contributed by atoms with Crippen molar-refractivity contribution in [2.24, 2.45) is 0 Å². The molecule has 20 heavy (non-hydrogen) atoms. The van der Waals surface area contributed by atoms with E-state index in [1.807, 2.05) is 0 Å². The van der Waals surface area contributed by atoms with Gasteiger partial charge in [-0.3, -0.25) is 0 Å². The van der Waals surface area contributed by atoms with E-state index >= 15 is 0 Å². The second-order valence-corrected chi connectivity index (χ2v) is 4.62. The van der Waals surface area contributed by atoms with E-state index in [-0.39, 0.29) is 18.8 Å². The van der Waals surface area contributed by atoms with E-state index in [0.717, 1.165) is 0 Å². The summed E-state index contributed by atoms with van der Waals surface area (Å²) < 4.78 is 20.5. The predicted octanol–water partition coefficient (Wildman–Crippen LogP) is 1.80. The summed E-state index contributed by atoms with van der Waals surface area (Å²) in [5.74, 6) is 0.576. The third-order valence-electron chi connectivity index (χ3n) is 2.96. The number of aliphatic hydroxyl groups excluding tert-OH is 1. The molecular weight excluding hydrogens is 285 g/mol. The Morgan fingerprint density at radius 1 is 1.35 bits per heavy atom. The molecule has 0 aliphatic heterocycles. The minimum atomic E-state index is -0.385. The van der Waals surface area contributed by atoms with Gasteiger partial charge in [-0.15, -0.1) is 10.2 Å². The third kappa shape index (κ3) is 3.15. The number of aromatic nitrogens is 3. The number of nitrogens with zero attached hydrogens (tertiary/aromatic N) is 3. The van der Waals surface area contributed by atoms with Crippen LogP contribution in [0.1, 0.15) is 17.2 Å². The molecule has 0 atom stereocenters. The maximum Gasteiger partial charge on any atom is 0.158 e. The lowest BCUT2D eigenvalue weighted by Crippen LogP contribution is -2.12. The highest BCUT2D eigenvalue weighted by Crippen LogP contribution is 2.22. The smallest absolute Gasteiger partial charge is 0.158 e. The number of ether oxygens (including phenoxy) is 1. The number of methoxy groups -OCH3 is 1. The Labute approximate surface area is 121 Å². The molecule has 0 bridgehead atoms. The Kier molecular flexibility index (Phi) is 5.05. The molecule has 108 valence electrons. The van der Waals surface area contributed by atoms with Gasteiger partial charge in [0.05, 0.1) is 6.61 Å². The maximum absolute atomic E-state index is 13.8. The highest BCUT2D eigenvalue weighted by Gasteiger charge is 2.15. The molecule has 0 unspecified atom stereocenters. The van der Waals surface area contributed by atoms with Gasteiger partial charge >= 0.3 is 0 Å².